The summed E-state index contributed by atoms with van der Waals surface area (Å²) in [6.07, 6.45) is 12.2. The Morgan fingerprint density at radius 3 is 1.88 bits per heavy atom. The molecule has 5 nitrogen and oxygen atoms in total. The van der Waals surface area contributed by atoms with Gasteiger partial charge >= 0.3 is 11.9 Å². The molecule has 0 bridgehead atoms. The number of para-hydroxylation sites is 2. The van der Waals surface area contributed by atoms with Crippen molar-refractivity contribution in [2.75, 3.05) is 6.61 Å². The number of rotatable bonds is 16. The first-order chi connectivity index (χ1) is 16.5. The van der Waals surface area contributed by atoms with Gasteiger partial charge in [0, 0.05) is 0 Å². The van der Waals surface area contributed by atoms with Gasteiger partial charge < -0.3 is 14.2 Å². The monoisotopic (exact) mass is 468 g/mol. The molecule has 0 amide bonds. The second-order valence-electron chi connectivity index (χ2n) is 8.90. The topological polar surface area (TPSA) is 61.8 Å². The number of esters is 2. The van der Waals surface area contributed by atoms with Crippen LogP contribution in [0.2, 0.25) is 0 Å². The van der Waals surface area contributed by atoms with Crippen LogP contribution in [0.25, 0.3) is 0 Å². The second-order valence-corrected chi connectivity index (χ2v) is 8.90. The van der Waals surface area contributed by atoms with Crippen molar-refractivity contribution in [1.29, 1.82) is 0 Å². The Morgan fingerprint density at radius 1 is 0.706 bits per heavy atom. The number of carbonyl (C=O) groups is 2. The third-order valence-electron chi connectivity index (χ3n) is 5.48. The molecule has 0 aromatic heterocycles. The molecule has 5 heteroatoms. The van der Waals surface area contributed by atoms with E-state index >= 15 is 0 Å². The molecule has 0 atom stereocenters. The standard InChI is InChI=1S/C29H40O5/c1-4-5-6-7-8-9-10-11-12-15-21-32-28(30)24-17-16-18-25(22-24)29(31)34-27-20-14-13-19-26(27)33-23(2)3/h13-14,16-20,22-23H,4-12,15,21H2,1-3H3. The third kappa shape index (κ3) is 10.4. The van der Waals surface area contributed by atoms with Crippen LogP contribution in [0.4, 0.5) is 0 Å². The minimum atomic E-state index is -0.552. The summed E-state index contributed by atoms with van der Waals surface area (Å²) < 4.78 is 16.6. The zero-order valence-corrected chi connectivity index (χ0v) is 21.0. The zero-order chi connectivity index (χ0) is 24.6. The van der Waals surface area contributed by atoms with E-state index < -0.39 is 11.9 Å². The van der Waals surface area contributed by atoms with Gasteiger partial charge in [-0.25, -0.2) is 9.59 Å². The summed E-state index contributed by atoms with van der Waals surface area (Å²) >= 11 is 0. The van der Waals surface area contributed by atoms with Gasteiger partial charge in [-0.05, 0) is 50.6 Å². The molecule has 0 saturated heterocycles. The van der Waals surface area contributed by atoms with Gasteiger partial charge in [0.25, 0.3) is 0 Å². The molecule has 0 saturated carbocycles. The van der Waals surface area contributed by atoms with Crippen molar-refractivity contribution in [1.82, 2.24) is 0 Å². The smallest absolute Gasteiger partial charge is 0.343 e. The Bertz CT molecular complexity index is 874. The Morgan fingerprint density at radius 2 is 1.26 bits per heavy atom. The van der Waals surface area contributed by atoms with E-state index in [1.807, 2.05) is 19.9 Å². The number of benzene rings is 2. The molecule has 0 unspecified atom stereocenters. The molecule has 2 aromatic carbocycles. The summed E-state index contributed by atoms with van der Waals surface area (Å²) in [5, 5.41) is 0. The lowest BCUT2D eigenvalue weighted by molar-refractivity contribution is 0.0497. The fraction of sp³-hybridized carbons (Fsp3) is 0.517. The van der Waals surface area contributed by atoms with E-state index in [9.17, 15) is 9.59 Å². The van der Waals surface area contributed by atoms with E-state index in [4.69, 9.17) is 14.2 Å². The molecule has 0 aliphatic carbocycles. The highest BCUT2D eigenvalue weighted by atomic mass is 16.6. The van der Waals surface area contributed by atoms with Crippen molar-refractivity contribution in [2.24, 2.45) is 0 Å². The Kier molecular flexibility index (Phi) is 12.8. The first kappa shape index (κ1) is 27.4. The zero-order valence-electron chi connectivity index (χ0n) is 21.0. The van der Waals surface area contributed by atoms with Gasteiger partial charge in [-0.2, -0.15) is 0 Å². The van der Waals surface area contributed by atoms with Gasteiger partial charge in [0.15, 0.2) is 11.5 Å². The molecule has 186 valence electrons. The van der Waals surface area contributed by atoms with Gasteiger partial charge in [0.1, 0.15) is 0 Å². The van der Waals surface area contributed by atoms with Crippen LogP contribution in [0.15, 0.2) is 48.5 Å². The highest BCUT2D eigenvalue weighted by Gasteiger charge is 2.16. The van der Waals surface area contributed by atoms with Crippen LogP contribution < -0.4 is 9.47 Å². The fourth-order valence-corrected chi connectivity index (χ4v) is 3.66. The molecule has 0 N–H and O–H groups in total. The Hall–Kier alpha value is -2.82. The van der Waals surface area contributed by atoms with Gasteiger partial charge in [-0.1, -0.05) is 82.9 Å². The van der Waals surface area contributed by atoms with E-state index in [1.54, 1.807) is 36.4 Å². The molecule has 0 aliphatic rings. The summed E-state index contributed by atoms with van der Waals surface area (Å²) in [6.45, 7) is 6.44. The van der Waals surface area contributed by atoms with Crippen LogP contribution in [0.3, 0.4) is 0 Å². The number of hydrogen-bond donors (Lipinski definition) is 0. The minimum absolute atomic E-state index is 0.0477. The number of carbonyl (C=O) groups excluding carboxylic acids is 2. The average Bonchev–Trinajstić information content (AvgIpc) is 2.83. The Balaban J connectivity index is 1.74. The van der Waals surface area contributed by atoms with Crippen LogP contribution in [0.5, 0.6) is 11.5 Å². The van der Waals surface area contributed by atoms with Crippen molar-refractivity contribution in [3.63, 3.8) is 0 Å². The van der Waals surface area contributed by atoms with Gasteiger partial charge in [0.05, 0.1) is 23.8 Å². The molecule has 0 radical (unpaired) electrons. The normalized spacial score (nSPS) is 10.8. The van der Waals surface area contributed by atoms with Crippen LogP contribution in [0.1, 0.15) is 106 Å². The SMILES string of the molecule is CCCCCCCCCCCCOC(=O)c1cccc(C(=O)Oc2ccccc2OC(C)C)c1. The molecule has 0 fully saturated rings. The summed E-state index contributed by atoms with van der Waals surface area (Å²) in [5.74, 6) is -0.133. The quantitative estimate of drug-likeness (QED) is 0.143. The van der Waals surface area contributed by atoms with Crippen molar-refractivity contribution in [2.45, 2.75) is 91.1 Å². The summed E-state index contributed by atoms with van der Waals surface area (Å²) in [4.78, 5) is 25.1. The van der Waals surface area contributed by atoms with E-state index in [1.165, 1.54) is 57.4 Å². The van der Waals surface area contributed by atoms with Gasteiger partial charge in [-0.15, -0.1) is 0 Å². The molecule has 34 heavy (non-hydrogen) atoms. The van der Waals surface area contributed by atoms with Crippen LogP contribution >= 0.6 is 0 Å². The van der Waals surface area contributed by atoms with Gasteiger partial charge in [-0.3, -0.25) is 0 Å². The van der Waals surface area contributed by atoms with Crippen molar-refractivity contribution >= 4 is 11.9 Å². The lowest BCUT2D eigenvalue weighted by Crippen LogP contribution is -2.13. The van der Waals surface area contributed by atoms with Crippen molar-refractivity contribution < 1.29 is 23.8 Å². The minimum Gasteiger partial charge on any atom is -0.487 e. The second kappa shape index (κ2) is 15.9. The van der Waals surface area contributed by atoms with Crippen molar-refractivity contribution in [3.05, 3.63) is 59.7 Å². The van der Waals surface area contributed by atoms with E-state index in [2.05, 4.69) is 6.92 Å². The van der Waals surface area contributed by atoms with Crippen molar-refractivity contribution in [3.8, 4) is 11.5 Å². The lowest BCUT2D eigenvalue weighted by atomic mass is 10.1. The summed E-state index contributed by atoms with van der Waals surface area (Å²) in [7, 11) is 0. The van der Waals surface area contributed by atoms with Crippen LogP contribution in [-0.2, 0) is 4.74 Å². The first-order valence-electron chi connectivity index (χ1n) is 12.8. The molecule has 2 rings (SSSR count). The molecular formula is C29H40O5. The predicted octanol–water partition coefficient (Wildman–Crippen LogP) is 7.77. The predicted molar refractivity (Wildman–Crippen MR) is 136 cm³/mol. The molecule has 2 aromatic rings. The number of unbranched alkanes of at least 4 members (excludes halogenated alkanes) is 9. The maximum Gasteiger partial charge on any atom is 0.343 e. The lowest BCUT2D eigenvalue weighted by Gasteiger charge is -2.14. The molecule has 0 aliphatic heterocycles. The molecule has 0 heterocycles. The highest BCUT2D eigenvalue weighted by Crippen LogP contribution is 2.28. The Labute approximate surface area is 204 Å². The highest BCUT2D eigenvalue weighted by molar-refractivity contribution is 5.96. The maximum atomic E-state index is 12.7. The van der Waals surface area contributed by atoms with Crippen LogP contribution in [0, 0.1) is 0 Å². The number of hydrogen-bond acceptors (Lipinski definition) is 5. The first-order valence-corrected chi connectivity index (χ1v) is 12.8. The largest absolute Gasteiger partial charge is 0.487 e. The number of ether oxygens (including phenoxy) is 3. The summed E-state index contributed by atoms with van der Waals surface area (Å²) in [5.41, 5.74) is 0.626. The average molecular weight is 469 g/mol. The maximum absolute atomic E-state index is 12.7. The van der Waals surface area contributed by atoms with Gasteiger partial charge in [0.2, 0.25) is 0 Å². The fourth-order valence-electron chi connectivity index (χ4n) is 3.66. The van der Waals surface area contributed by atoms with E-state index in [0.29, 0.717) is 23.7 Å². The molecule has 0 spiro atoms. The van der Waals surface area contributed by atoms with E-state index in [0.717, 1.165) is 12.8 Å². The molecular weight excluding hydrogens is 428 g/mol. The van der Waals surface area contributed by atoms with Crippen LogP contribution in [-0.4, -0.2) is 24.6 Å². The third-order valence-corrected chi connectivity index (χ3v) is 5.48. The van der Waals surface area contributed by atoms with E-state index in [-0.39, 0.29) is 11.7 Å². The summed E-state index contributed by atoms with van der Waals surface area (Å²) in [6, 6.07) is 13.5.